The number of nitrogens with one attached hydrogen (secondary N) is 1. The summed E-state index contributed by atoms with van der Waals surface area (Å²) in [6.07, 6.45) is 2.76. The van der Waals surface area contributed by atoms with Gasteiger partial charge in [0.2, 0.25) is 5.91 Å². The molecule has 160 valence electrons. The number of carbonyl (C=O) groups is 1. The van der Waals surface area contributed by atoms with Gasteiger partial charge in [0.15, 0.2) is 0 Å². The molecule has 1 unspecified atom stereocenters. The van der Waals surface area contributed by atoms with Crippen LogP contribution in [0.1, 0.15) is 45.2 Å². The van der Waals surface area contributed by atoms with E-state index in [-0.39, 0.29) is 18.1 Å². The molecule has 5 heteroatoms. The quantitative estimate of drug-likeness (QED) is 0.695. The van der Waals surface area contributed by atoms with E-state index in [0.29, 0.717) is 5.92 Å². The predicted molar refractivity (Wildman–Crippen MR) is 119 cm³/mol. The Bertz CT molecular complexity index is 846. The fraction of sp³-hybridized carbons (Fsp3) is 0.480. The van der Waals surface area contributed by atoms with Gasteiger partial charge in [-0.1, -0.05) is 19.1 Å². The van der Waals surface area contributed by atoms with E-state index in [1.165, 1.54) is 25.5 Å². The van der Waals surface area contributed by atoms with Crippen molar-refractivity contribution in [2.45, 2.75) is 45.8 Å². The second kappa shape index (κ2) is 8.99. The molecule has 1 aliphatic heterocycles. The lowest BCUT2D eigenvalue weighted by Crippen LogP contribution is -2.26. The maximum Gasteiger partial charge on any atom is 0.217 e. The largest absolute Gasteiger partial charge is 0.493 e. The van der Waals surface area contributed by atoms with Crippen molar-refractivity contribution in [2.75, 3.05) is 24.6 Å². The standard InChI is InChI=1S/C25H32N2O3/c1-17-14-27(22-8-12-23(13-9-22)29-16-20-4-5-20)15-25(17)30-24-10-6-21(7-11-24)18(2)26-19(3)28/h6-13,17-18,20,25H,4-5,14-16H2,1-3H3,(H,26,28)/t17?,18-,25-/m0/s1. The summed E-state index contributed by atoms with van der Waals surface area (Å²) >= 11 is 0. The van der Waals surface area contributed by atoms with Crippen molar-refractivity contribution in [2.24, 2.45) is 11.8 Å². The number of hydrogen-bond acceptors (Lipinski definition) is 4. The van der Waals surface area contributed by atoms with Crippen LogP contribution in [0.4, 0.5) is 5.69 Å². The van der Waals surface area contributed by atoms with Crippen molar-refractivity contribution in [3.05, 3.63) is 54.1 Å². The van der Waals surface area contributed by atoms with Gasteiger partial charge in [-0.15, -0.1) is 0 Å². The molecule has 4 rings (SSSR count). The maximum atomic E-state index is 11.2. The third-order valence-corrected chi connectivity index (χ3v) is 6.02. The van der Waals surface area contributed by atoms with Gasteiger partial charge in [0.05, 0.1) is 19.2 Å². The summed E-state index contributed by atoms with van der Waals surface area (Å²) < 4.78 is 12.1. The van der Waals surface area contributed by atoms with E-state index in [1.54, 1.807) is 0 Å². The number of ether oxygens (including phenoxy) is 2. The van der Waals surface area contributed by atoms with Gasteiger partial charge in [-0.05, 0) is 67.6 Å². The van der Waals surface area contributed by atoms with Crippen LogP contribution >= 0.6 is 0 Å². The summed E-state index contributed by atoms with van der Waals surface area (Å²) in [4.78, 5) is 13.6. The second-order valence-electron chi connectivity index (χ2n) is 8.78. The first-order valence-corrected chi connectivity index (χ1v) is 11.0. The lowest BCUT2D eigenvalue weighted by atomic mass is 10.1. The Kier molecular flexibility index (Phi) is 6.16. The molecule has 2 aromatic carbocycles. The zero-order chi connectivity index (χ0) is 21.1. The zero-order valence-corrected chi connectivity index (χ0v) is 18.1. The van der Waals surface area contributed by atoms with Gasteiger partial charge in [0.1, 0.15) is 17.6 Å². The summed E-state index contributed by atoms with van der Waals surface area (Å²) in [5, 5.41) is 2.91. The maximum absolute atomic E-state index is 11.2. The number of amides is 1. The summed E-state index contributed by atoms with van der Waals surface area (Å²) in [5.74, 6) is 3.01. The Balaban J connectivity index is 1.32. The molecule has 1 amide bonds. The van der Waals surface area contributed by atoms with Gasteiger partial charge in [-0.2, -0.15) is 0 Å². The Morgan fingerprint density at radius 2 is 1.73 bits per heavy atom. The molecular weight excluding hydrogens is 376 g/mol. The molecule has 0 bridgehead atoms. The molecule has 2 fully saturated rings. The Labute approximate surface area is 179 Å². The highest BCUT2D eigenvalue weighted by Gasteiger charge is 2.31. The molecule has 0 radical (unpaired) electrons. The number of hydrogen-bond donors (Lipinski definition) is 1. The predicted octanol–water partition coefficient (Wildman–Crippen LogP) is 4.58. The average Bonchev–Trinajstić information content (AvgIpc) is 3.49. The minimum atomic E-state index is -0.0230. The van der Waals surface area contributed by atoms with Crippen LogP contribution in [0.5, 0.6) is 11.5 Å². The van der Waals surface area contributed by atoms with Gasteiger partial charge in [-0.3, -0.25) is 4.79 Å². The fourth-order valence-corrected chi connectivity index (χ4v) is 3.95. The lowest BCUT2D eigenvalue weighted by molar-refractivity contribution is -0.119. The Morgan fingerprint density at radius 1 is 1.07 bits per heavy atom. The van der Waals surface area contributed by atoms with Crippen LogP contribution in [0.15, 0.2) is 48.5 Å². The molecule has 1 saturated heterocycles. The molecule has 1 heterocycles. The first-order valence-electron chi connectivity index (χ1n) is 11.0. The third-order valence-electron chi connectivity index (χ3n) is 6.02. The lowest BCUT2D eigenvalue weighted by Gasteiger charge is -2.20. The van der Waals surface area contributed by atoms with E-state index in [9.17, 15) is 4.79 Å². The molecule has 2 aliphatic rings. The molecule has 3 atom stereocenters. The monoisotopic (exact) mass is 408 g/mol. The number of rotatable bonds is 8. The number of carbonyl (C=O) groups excluding carboxylic acids is 1. The van der Waals surface area contributed by atoms with Gasteiger partial charge < -0.3 is 19.7 Å². The molecule has 0 spiro atoms. The summed E-state index contributed by atoms with van der Waals surface area (Å²) in [5.41, 5.74) is 2.29. The molecule has 1 N–H and O–H groups in total. The summed E-state index contributed by atoms with van der Waals surface area (Å²) in [7, 11) is 0. The summed E-state index contributed by atoms with van der Waals surface area (Å²) in [6, 6.07) is 16.5. The van der Waals surface area contributed by atoms with Crippen LogP contribution in [-0.2, 0) is 4.79 Å². The van der Waals surface area contributed by atoms with Crippen LogP contribution in [0.2, 0.25) is 0 Å². The first-order chi connectivity index (χ1) is 14.5. The minimum Gasteiger partial charge on any atom is -0.493 e. The highest BCUT2D eigenvalue weighted by molar-refractivity contribution is 5.73. The van der Waals surface area contributed by atoms with E-state index < -0.39 is 0 Å². The smallest absolute Gasteiger partial charge is 0.217 e. The third kappa shape index (κ3) is 5.26. The molecule has 1 saturated carbocycles. The molecular formula is C25H32N2O3. The minimum absolute atomic E-state index is 0.00586. The van der Waals surface area contributed by atoms with Crippen molar-refractivity contribution in [3.63, 3.8) is 0 Å². The van der Waals surface area contributed by atoms with Crippen LogP contribution in [0.25, 0.3) is 0 Å². The van der Waals surface area contributed by atoms with Crippen molar-refractivity contribution in [3.8, 4) is 11.5 Å². The van der Waals surface area contributed by atoms with Gasteiger partial charge in [0, 0.05) is 25.1 Å². The average molecular weight is 409 g/mol. The van der Waals surface area contributed by atoms with Crippen LogP contribution in [0.3, 0.4) is 0 Å². The van der Waals surface area contributed by atoms with E-state index in [0.717, 1.165) is 42.7 Å². The van der Waals surface area contributed by atoms with E-state index in [2.05, 4.69) is 41.4 Å². The molecule has 2 aromatic rings. The normalized spacial score (nSPS) is 21.9. The Morgan fingerprint density at radius 3 is 2.37 bits per heavy atom. The van der Waals surface area contributed by atoms with Crippen LogP contribution in [-0.4, -0.2) is 31.7 Å². The van der Waals surface area contributed by atoms with Gasteiger partial charge in [-0.25, -0.2) is 0 Å². The molecule has 5 nitrogen and oxygen atoms in total. The van der Waals surface area contributed by atoms with Crippen LogP contribution < -0.4 is 19.7 Å². The highest BCUT2D eigenvalue weighted by atomic mass is 16.5. The first kappa shape index (κ1) is 20.6. The van der Waals surface area contributed by atoms with E-state index >= 15 is 0 Å². The highest BCUT2D eigenvalue weighted by Crippen LogP contribution is 2.31. The van der Waals surface area contributed by atoms with E-state index in [1.807, 2.05) is 31.2 Å². The van der Waals surface area contributed by atoms with Crippen molar-refractivity contribution in [1.82, 2.24) is 5.32 Å². The van der Waals surface area contributed by atoms with Crippen molar-refractivity contribution in [1.29, 1.82) is 0 Å². The van der Waals surface area contributed by atoms with E-state index in [4.69, 9.17) is 9.47 Å². The number of nitrogens with zero attached hydrogens (tertiary/aromatic N) is 1. The molecule has 0 aromatic heterocycles. The van der Waals surface area contributed by atoms with Gasteiger partial charge in [0.25, 0.3) is 0 Å². The van der Waals surface area contributed by atoms with Gasteiger partial charge >= 0.3 is 0 Å². The van der Waals surface area contributed by atoms with Crippen molar-refractivity contribution >= 4 is 11.6 Å². The second-order valence-corrected chi connectivity index (χ2v) is 8.78. The fourth-order valence-electron chi connectivity index (χ4n) is 3.95. The number of anilines is 1. The zero-order valence-electron chi connectivity index (χ0n) is 18.1. The van der Waals surface area contributed by atoms with Crippen molar-refractivity contribution < 1.29 is 14.3 Å². The summed E-state index contributed by atoms with van der Waals surface area (Å²) in [6.45, 7) is 8.45. The Hall–Kier alpha value is -2.69. The topological polar surface area (TPSA) is 50.8 Å². The molecule has 1 aliphatic carbocycles. The number of benzene rings is 2. The molecule has 30 heavy (non-hydrogen) atoms. The SMILES string of the molecule is CC(=O)N[C@@H](C)c1ccc(O[C@H]2CN(c3ccc(OCC4CC4)cc3)CC2C)cc1. The van der Waals surface area contributed by atoms with Crippen LogP contribution in [0, 0.1) is 11.8 Å².